The monoisotopic (exact) mass is 419 g/mol. The Bertz CT molecular complexity index is 1060. The van der Waals surface area contributed by atoms with Crippen molar-refractivity contribution in [1.82, 2.24) is 0 Å². The third-order valence-electron chi connectivity index (χ3n) is 5.34. The van der Waals surface area contributed by atoms with Crippen LogP contribution in [0.3, 0.4) is 0 Å². The van der Waals surface area contributed by atoms with Gasteiger partial charge in [0.25, 0.3) is 0 Å². The summed E-state index contributed by atoms with van der Waals surface area (Å²) in [6, 6.07) is 22.7. The van der Waals surface area contributed by atoms with Crippen molar-refractivity contribution >= 4 is 29.0 Å². The molecule has 3 aromatic rings. The maximum Gasteiger partial charge on any atom is 0.354 e. The minimum atomic E-state index is -1.30. The van der Waals surface area contributed by atoms with E-state index >= 15 is 0 Å². The highest BCUT2D eigenvalue weighted by Gasteiger charge is 2.59. The fourth-order valence-corrected chi connectivity index (χ4v) is 4.97. The van der Waals surface area contributed by atoms with E-state index in [0.29, 0.717) is 11.4 Å². The second-order valence-corrected chi connectivity index (χ2v) is 7.81. The van der Waals surface area contributed by atoms with Crippen LogP contribution in [-0.4, -0.2) is 26.2 Å². The topological polar surface area (TPSA) is 55.8 Å². The van der Waals surface area contributed by atoms with Crippen molar-refractivity contribution in [3.8, 4) is 0 Å². The standard InChI is InChI=1S/C24H21NO4S/c1-28-22(26)20-16-19(21-14-9-15-30-21)24(23(27)29-2,17-10-5-3-6-11-17)25(20)18-12-7-4-8-13-18/h3-16,19H,1-2H3/t19-,24+/m1/s1. The molecule has 4 rings (SSSR count). The minimum absolute atomic E-state index is 0.302. The SMILES string of the molecule is COC(=O)C1=C[C@H](c2cccs2)[C@](C(=O)OC)(c2ccccc2)N1c1ccccc1. The molecule has 2 heterocycles. The number of hydrogen-bond acceptors (Lipinski definition) is 6. The van der Waals surface area contributed by atoms with Gasteiger partial charge >= 0.3 is 11.9 Å². The average molecular weight is 420 g/mol. The van der Waals surface area contributed by atoms with Gasteiger partial charge in [0.15, 0.2) is 5.54 Å². The van der Waals surface area contributed by atoms with Crippen molar-refractivity contribution in [2.45, 2.75) is 11.5 Å². The van der Waals surface area contributed by atoms with Gasteiger partial charge in [-0.1, -0.05) is 54.6 Å². The smallest absolute Gasteiger partial charge is 0.354 e. The molecule has 6 heteroatoms. The molecule has 2 aromatic carbocycles. The van der Waals surface area contributed by atoms with E-state index in [1.807, 2.05) is 84.3 Å². The summed E-state index contributed by atoms with van der Waals surface area (Å²) in [5.41, 5.74) is 0.430. The molecule has 1 aromatic heterocycles. The second-order valence-electron chi connectivity index (χ2n) is 6.83. The van der Waals surface area contributed by atoms with Gasteiger partial charge in [0.05, 0.1) is 20.1 Å². The van der Waals surface area contributed by atoms with Crippen molar-refractivity contribution in [2.75, 3.05) is 19.1 Å². The number of methoxy groups -OCH3 is 2. The van der Waals surface area contributed by atoms with Gasteiger partial charge < -0.3 is 14.4 Å². The van der Waals surface area contributed by atoms with Gasteiger partial charge in [0, 0.05) is 10.6 Å². The largest absolute Gasteiger partial charge is 0.467 e. The molecule has 152 valence electrons. The Labute approximate surface area is 179 Å². The van der Waals surface area contributed by atoms with Gasteiger partial charge in [-0.3, -0.25) is 0 Å². The molecule has 0 N–H and O–H groups in total. The first kappa shape index (κ1) is 19.9. The number of carbonyl (C=O) groups is 2. The van der Waals surface area contributed by atoms with Gasteiger partial charge in [0.1, 0.15) is 5.70 Å². The van der Waals surface area contributed by atoms with Crippen molar-refractivity contribution in [2.24, 2.45) is 0 Å². The zero-order valence-corrected chi connectivity index (χ0v) is 17.5. The van der Waals surface area contributed by atoms with E-state index in [9.17, 15) is 9.59 Å². The van der Waals surface area contributed by atoms with Crippen molar-refractivity contribution in [3.63, 3.8) is 0 Å². The first-order valence-corrected chi connectivity index (χ1v) is 10.3. The van der Waals surface area contributed by atoms with Gasteiger partial charge in [-0.15, -0.1) is 11.3 Å². The summed E-state index contributed by atoms with van der Waals surface area (Å²) in [6.07, 6.45) is 1.81. The number of carbonyl (C=O) groups excluding carboxylic acids is 2. The summed E-state index contributed by atoms with van der Waals surface area (Å²) in [6.45, 7) is 0. The first-order chi connectivity index (χ1) is 14.6. The maximum atomic E-state index is 13.6. The molecule has 0 fully saturated rings. The predicted molar refractivity (Wildman–Crippen MR) is 116 cm³/mol. The molecule has 0 saturated carbocycles. The molecule has 0 amide bonds. The van der Waals surface area contributed by atoms with Gasteiger partial charge in [-0.25, -0.2) is 9.59 Å². The molecule has 0 saturated heterocycles. The molecular weight excluding hydrogens is 398 g/mol. The Kier molecular flexibility index (Phi) is 5.42. The Balaban J connectivity index is 2.08. The number of esters is 2. The van der Waals surface area contributed by atoms with E-state index in [0.717, 1.165) is 10.4 Å². The molecule has 0 radical (unpaired) electrons. The molecule has 30 heavy (non-hydrogen) atoms. The lowest BCUT2D eigenvalue weighted by Gasteiger charge is -2.42. The number of ether oxygens (including phenoxy) is 2. The first-order valence-electron chi connectivity index (χ1n) is 9.47. The highest BCUT2D eigenvalue weighted by Crippen LogP contribution is 2.53. The average Bonchev–Trinajstić information content (AvgIpc) is 3.45. The summed E-state index contributed by atoms with van der Waals surface area (Å²) in [5.74, 6) is -1.41. The number of nitrogens with zero attached hydrogens (tertiary/aromatic N) is 1. The number of anilines is 1. The Morgan fingerprint density at radius 3 is 2.13 bits per heavy atom. The van der Waals surface area contributed by atoms with Crippen LogP contribution in [0.25, 0.3) is 0 Å². The highest BCUT2D eigenvalue weighted by atomic mass is 32.1. The van der Waals surface area contributed by atoms with E-state index in [2.05, 4.69) is 0 Å². The number of hydrogen-bond donors (Lipinski definition) is 0. The van der Waals surface area contributed by atoms with E-state index in [-0.39, 0.29) is 0 Å². The molecular formula is C24H21NO4S. The summed E-state index contributed by atoms with van der Waals surface area (Å²) in [7, 11) is 2.71. The van der Waals surface area contributed by atoms with Crippen LogP contribution in [0.2, 0.25) is 0 Å². The molecule has 0 bridgehead atoms. The number of thiophene rings is 1. The third-order valence-corrected chi connectivity index (χ3v) is 6.29. The van der Waals surface area contributed by atoms with Gasteiger partial charge in [-0.2, -0.15) is 0 Å². The van der Waals surface area contributed by atoms with Crippen LogP contribution in [-0.2, 0) is 24.6 Å². The summed E-state index contributed by atoms with van der Waals surface area (Å²) in [5, 5.41) is 1.96. The van der Waals surface area contributed by atoms with Gasteiger partial charge in [0.2, 0.25) is 0 Å². The molecule has 1 aliphatic rings. The second kappa shape index (κ2) is 8.16. The number of benzene rings is 2. The van der Waals surface area contributed by atoms with E-state index in [4.69, 9.17) is 9.47 Å². The minimum Gasteiger partial charge on any atom is -0.467 e. The van der Waals surface area contributed by atoms with Crippen LogP contribution in [0, 0.1) is 0 Å². The highest BCUT2D eigenvalue weighted by molar-refractivity contribution is 7.10. The van der Waals surface area contributed by atoms with E-state index in [1.54, 1.807) is 4.90 Å². The van der Waals surface area contributed by atoms with Crippen LogP contribution in [0.5, 0.6) is 0 Å². The van der Waals surface area contributed by atoms with E-state index in [1.165, 1.54) is 25.6 Å². The fourth-order valence-electron chi connectivity index (χ4n) is 4.11. The lowest BCUT2D eigenvalue weighted by molar-refractivity contribution is -0.147. The predicted octanol–water partition coefficient (Wildman–Crippen LogP) is 4.48. The Morgan fingerprint density at radius 2 is 1.57 bits per heavy atom. The third kappa shape index (κ3) is 3.00. The quantitative estimate of drug-likeness (QED) is 0.571. The van der Waals surface area contributed by atoms with Crippen LogP contribution < -0.4 is 4.90 Å². The van der Waals surface area contributed by atoms with E-state index < -0.39 is 23.4 Å². The van der Waals surface area contributed by atoms with Crippen LogP contribution in [0.15, 0.2) is 89.9 Å². The van der Waals surface area contributed by atoms with Gasteiger partial charge in [-0.05, 0) is 35.2 Å². The molecule has 0 spiro atoms. The number of para-hydroxylation sites is 1. The normalized spacial score (nSPS) is 20.5. The maximum absolute atomic E-state index is 13.6. The molecule has 1 aliphatic heterocycles. The van der Waals surface area contributed by atoms with Crippen molar-refractivity contribution < 1.29 is 19.1 Å². The summed E-state index contributed by atoms with van der Waals surface area (Å²) in [4.78, 5) is 29.2. The fraction of sp³-hybridized carbons (Fsp3) is 0.167. The molecule has 0 aliphatic carbocycles. The zero-order valence-electron chi connectivity index (χ0n) is 16.6. The molecule has 2 atom stereocenters. The summed E-state index contributed by atoms with van der Waals surface area (Å²) < 4.78 is 10.5. The van der Waals surface area contributed by atoms with Crippen LogP contribution in [0.1, 0.15) is 16.4 Å². The Hall–Kier alpha value is -3.38. The number of rotatable bonds is 5. The lowest BCUT2D eigenvalue weighted by atomic mass is 9.77. The summed E-state index contributed by atoms with van der Waals surface area (Å²) >= 11 is 1.53. The molecule has 0 unspecified atom stereocenters. The van der Waals surface area contributed by atoms with Crippen LogP contribution in [0.4, 0.5) is 5.69 Å². The Morgan fingerprint density at radius 1 is 0.900 bits per heavy atom. The van der Waals surface area contributed by atoms with Crippen LogP contribution >= 0.6 is 11.3 Å². The molecule has 5 nitrogen and oxygen atoms in total. The lowest BCUT2D eigenvalue weighted by Crippen LogP contribution is -2.53. The van der Waals surface area contributed by atoms with Crippen molar-refractivity contribution in [1.29, 1.82) is 0 Å². The van der Waals surface area contributed by atoms with Crippen molar-refractivity contribution in [3.05, 3.63) is 100 Å². The zero-order chi connectivity index (χ0) is 21.1.